The molecule has 5 nitrogen and oxygen atoms in total. The average molecular weight is 328 g/mol. The summed E-state index contributed by atoms with van der Waals surface area (Å²) in [6.45, 7) is 1.67. The minimum absolute atomic E-state index is 0.160. The van der Waals surface area contributed by atoms with Crippen LogP contribution in [0.1, 0.15) is 24.8 Å². The van der Waals surface area contributed by atoms with E-state index >= 15 is 0 Å². The SMILES string of the molecule is Fc1cnc(N2CC[C@H](OCC3CC3)[C@@H]2Cc2ccncc2)nc1. The smallest absolute Gasteiger partial charge is 0.225 e. The number of halogens is 1. The molecule has 1 saturated heterocycles. The van der Waals surface area contributed by atoms with Crippen LogP contribution in [0.5, 0.6) is 0 Å². The molecule has 1 aliphatic carbocycles. The van der Waals surface area contributed by atoms with E-state index in [1.807, 2.05) is 24.5 Å². The number of pyridine rings is 1. The Morgan fingerprint density at radius 1 is 1.12 bits per heavy atom. The molecule has 1 saturated carbocycles. The van der Waals surface area contributed by atoms with E-state index in [1.54, 1.807) is 0 Å². The highest BCUT2D eigenvalue weighted by molar-refractivity contribution is 5.35. The molecule has 0 bridgehead atoms. The zero-order chi connectivity index (χ0) is 16.4. The molecule has 2 atom stereocenters. The first kappa shape index (κ1) is 15.4. The Hall–Kier alpha value is -2.08. The van der Waals surface area contributed by atoms with Gasteiger partial charge in [0.2, 0.25) is 5.95 Å². The van der Waals surface area contributed by atoms with Gasteiger partial charge in [-0.1, -0.05) is 0 Å². The van der Waals surface area contributed by atoms with Crippen LogP contribution in [0, 0.1) is 11.7 Å². The second kappa shape index (κ2) is 6.81. The topological polar surface area (TPSA) is 51.1 Å². The van der Waals surface area contributed by atoms with Crippen LogP contribution >= 0.6 is 0 Å². The Kier molecular flexibility index (Phi) is 4.38. The predicted octanol–water partition coefficient (Wildman–Crippen LogP) is 2.63. The predicted molar refractivity (Wildman–Crippen MR) is 88.1 cm³/mol. The van der Waals surface area contributed by atoms with E-state index in [2.05, 4.69) is 19.9 Å². The van der Waals surface area contributed by atoms with Gasteiger partial charge in [-0.25, -0.2) is 14.4 Å². The first-order valence-corrected chi connectivity index (χ1v) is 8.54. The molecule has 3 heterocycles. The van der Waals surface area contributed by atoms with E-state index in [4.69, 9.17) is 4.74 Å². The van der Waals surface area contributed by atoms with Gasteiger partial charge in [-0.15, -0.1) is 0 Å². The molecule has 24 heavy (non-hydrogen) atoms. The Balaban J connectivity index is 1.53. The number of hydrogen-bond donors (Lipinski definition) is 0. The van der Waals surface area contributed by atoms with Crippen molar-refractivity contribution >= 4 is 5.95 Å². The summed E-state index contributed by atoms with van der Waals surface area (Å²) >= 11 is 0. The molecule has 6 heteroatoms. The number of nitrogens with zero attached hydrogens (tertiary/aromatic N) is 4. The highest BCUT2D eigenvalue weighted by Gasteiger charge is 2.37. The van der Waals surface area contributed by atoms with Crippen molar-refractivity contribution in [3.63, 3.8) is 0 Å². The molecular formula is C18H21FN4O. The van der Waals surface area contributed by atoms with E-state index in [0.29, 0.717) is 5.95 Å². The van der Waals surface area contributed by atoms with Gasteiger partial charge in [0.05, 0.1) is 24.5 Å². The van der Waals surface area contributed by atoms with Gasteiger partial charge in [0, 0.05) is 25.5 Å². The maximum absolute atomic E-state index is 13.1. The normalized spacial score (nSPS) is 23.6. The van der Waals surface area contributed by atoms with Gasteiger partial charge in [0.25, 0.3) is 0 Å². The number of rotatable bonds is 6. The van der Waals surface area contributed by atoms with Crippen molar-refractivity contribution in [1.29, 1.82) is 0 Å². The van der Waals surface area contributed by atoms with Crippen LogP contribution in [0.15, 0.2) is 36.9 Å². The fraction of sp³-hybridized carbons (Fsp3) is 0.500. The van der Waals surface area contributed by atoms with E-state index in [1.165, 1.54) is 30.8 Å². The first-order chi connectivity index (χ1) is 11.8. The summed E-state index contributed by atoms with van der Waals surface area (Å²) in [5, 5.41) is 0. The van der Waals surface area contributed by atoms with Gasteiger partial charge in [-0.2, -0.15) is 0 Å². The highest BCUT2D eigenvalue weighted by atomic mass is 19.1. The fourth-order valence-electron chi connectivity index (χ4n) is 3.27. The van der Waals surface area contributed by atoms with Crippen LogP contribution < -0.4 is 4.90 Å². The van der Waals surface area contributed by atoms with Crippen LogP contribution in [0.4, 0.5) is 10.3 Å². The van der Waals surface area contributed by atoms with Crippen LogP contribution in [0.3, 0.4) is 0 Å². The van der Waals surface area contributed by atoms with Crippen molar-refractivity contribution in [2.75, 3.05) is 18.1 Å². The Morgan fingerprint density at radius 2 is 1.88 bits per heavy atom. The summed E-state index contributed by atoms with van der Waals surface area (Å²) < 4.78 is 19.3. The molecule has 1 aliphatic heterocycles. The summed E-state index contributed by atoms with van der Waals surface area (Å²) in [5.41, 5.74) is 1.21. The minimum atomic E-state index is -0.412. The molecule has 0 spiro atoms. The maximum atomic E-state index is 13.1. The van der Waals surface area contributed by atoms with Crippen LogP contribution in [0.25, 0.3) is 0 Å². The zero-order valence-electron chi connectivity index (χ0n) is 13.5. The lowest BCUT2D eigenvalue weighted by atomic mass is 10.0. The van der Waals surface area contributed by atoms with Gasteiger partial charge in [0.15, 0.2) is 5.82 Å². The molecule has 126 valence electrons. The number of ether oxygens (including phenoxy) is 1. The van der Waals surface area contributed by atoms with Crippen molar-refractivity contribution in [2.24, 2.45) is 5.92 Å². The summed E-state index contributed by atoms with van der Waals surface area (Å²) in [7, 11) is 0. The lowest BCUT2D eigenvalue weighted by molar-refractivity contribution is 0.0406. The quantitative estimate of drug-likeness (QED) is 0.816. The summed E-state index contributed by atoms with van der Waals surface area (Å²) in [6.07, 6.45) is 10.6. The number of anilines is 1. The summed E-state index contributed by atoms with van der Waals surface area (Å²) in [5.74, 6) is 0.904. The zero-order valence-corrected chi connectivity index (χ0v) is 13.5. The van der Waals surface area contributed by atoms with Gasteiger partial charge in [-0.3, -0.25) is 4.98 Å². The summed E-state index contributed by atoms with van der Waals surface area (Å²) in [6, 6.07) is 4.22. The molecule has 4 rings (SSSR count). The van der Waals surface area contributed by atoms with E-state index < -0.39 is 5.82 Å². The molecular weight excluding hydrogens is 307 g/mol. The Morgan fingerprint density at radius 3 is 2.58 bits per heavy atom. The third kappa shape index (κ3) is 3.53. The Labute approximate surface area is 140 Å². The molecule has 0 radical (unpaired) electrons. The van der Waals surface area contributed by atoms with Gasteiger partial charge < -0.3 is 9.64 Å². The van der Waals surface area contributed by atoms with Crippen molar-refractivity contribution in [3.05, 3.63) is 48.3 Å². The van der Waals surface area contributed by atoms with Crippen molar-refractivity contribution in [1.82, 2.24) is 15.0 Å². The van der Waals surface area contributed by atoms with Crippen molar-refractivity contribution < 1.29 is 9.13 Å². The molecule has 0 N–H and O–H groups in total. The molecule has 0 unspecified atom stereocenters. The third-order valence-corrected chi connectivity index (χ3v) is 4.78. The second-order valence-corrected chi connectivity index (χ2v) is 6.63. The highest BCUT2D eigenvalue weighted by Crippen LogP contribution is 2.32. The van der Waals surface area contributed by atoms with E-state index in [0.717, 1.165) is 31.9 Å². The summed E-state index contributed by atoms with van der Waals surface area (Å²) in [4.78, 5) is 14.6. The van der Waals surface area contributed by atoms with E-state index in [-0.39, 0.29) is 12.1 Å². The van der Waals surface area contributed by atoms with Crippen LogP contribution in [-0.4, -0.2) is 40.2 Å². The van der Waals surface area contributed by atoms with Crippen molar-refractivity contribution in [2.45, 2.75) is 37.8 Å². The van der Waals surface area contributed by atoms with Gasteiger partial charge in [0.1, 0.15) is 0 Å². The maximum Gasteiger partial charge on any atom is 0.225 e. The Bertz CT molecular complexity index is 662. The van der Waals surface area contributed by atoms with Gasteiger partial charge in [-0.05, 0) is 49.3 Å². The molecule has 2 aromatic heterocycles. The first-order valence-electron chi connectivity index (χ1n) is 8.54. The second-order valence-electron chi connectivity index (χ2n) is 6.63. The average Bonchev–Trinajstić information content (AvgIpc) is 3.36. The molecule has 2 aromatic rings. The fourth-order valence-corrected chi connectivity index (χ4v) is 3.27. The molecule has 0 amide bonds. The van der Waals surface area contributed by atoms with Crippen LogP contribution in [0.2, 0.25) is 0 Å². The van der Waals surface area contributed by atoms with Crippen LogP contribution in [-0.2, 0) is 11.2 Å². The monoisotopic (exact) mass is 328 g/mol. The third-order valence-electron chi connectivity index (χ3n) is 4.78. The minimum Gasteiger partial charge on any atom is -0.376 e. The number of aromatic nitrogens is 3. The van der Waals surface area contributed by atoms with E-state index in [9.17, 15) is 4.39 Å². The lowest BCUT2D eigenvalue weighted by Gasteiger charge is -2.28. The number of hydrogen-bond acceptors (Lipinski definition) is 5. The lowest BCUT2D eigenvalue weighted by Crippen LogP contribution is -2.39. The molecule has 2 aliphatic rings. The molecule has 0 aromatic carbocycles. The molecule has 2 fully saturated rings. The standard InChI is InChI=1S/C18H21FN4O/c19-15-10-21-18(22-11-15)23-8-5-17(24-12-14-1-2-14)16(23)9-13-3-6-20-7-4-13/h3-4,6-7,10-11,14,16-17H,1-2,5,8-9,12H2/t16-,17-/m0/s1. The largest absolute Gasteiger partial charge is 0.376 e. The van der Waals surface area contributed by atoms with Crippen molar-refractivity contribution in [3.8, 4) is 0 Å². The van der Waals surface area contributed by atoms with Gasteiger partial charge >= 0.3 is 0 Å².